The molecular formula is C16H20N6O. The minimum atomic E-state index is 0.0486. The van der Waals surface area contributed by atoms with E-state index in [0.717, 1.165) is 43.9 Å². The summed E-state index contributed by atoms with van der Waals surface area (Å²) in [6.45, 7) is 1.64. The van der Waals surface area contributed by atoms with Crippen LogP contribution in [0.3, 0.4) is 0 Å². The predicted octanol–water partition coefficient (Wildman–Crippen LogP) is 1.16. The summed E-state index contributed by atoms with van der Waals surface area (Å²) in [7, 11) is 0. The molecule has 1 atom stereocenters. The highest BCUT2D eigenvalue weighted by molar-refractivity contribution is 5.80. The molecule has 0 aromatic carbocycles. The smallest absolute Gasteiger partial charge is 0.225 e. The van der Waals surface area contributed by atoms with Crippen molar-refractivity contribution >= 4 is 11.7 Å². The highest BCUT2D eigenvalue weighted by Gasteiger charge is 2.30. The molecule has 4 rings (SSSR count). The third-order valence-corrected chi connectivity index (χ3v) is 4.42. The van der Waals surface area contributed by atoms with Crippen LogP contribution in [-0.2, 0) is 4.79 Å². The molecule has 2 aromatic rings. The largest absolute Gasteiger partial charge is 0.356 e. The molecule has 2 aromatic heterocycles. The van der Waals surface area contributed by atoms with Gasteiger partial charge in [0.15, 0.2) is 5.82 Å². The molecule has 7 nitrogen and oxygen atoms in total. The van der Waals surface area contributed by atoms with Gasteiger partial charge in [-0.15, -0.1) is 0 Å². The Labute approximate surface area is 134 Å². The Kier molecular flexibility index (Phi) is 3.69. The van der Waals surface area contributed by atoms with Crippen LogP contribution < -0.4 is 10.2 Å². The number of aromatic nitrogens is 4. The minimum Gasteiger partial charge on any atom is -0.356 e. The molecule has 1 saturated carbocycles. The van der Waals surface area contributed by atoms with Crippen molar-refractivity contribution in [3.63, 3.8) is 0 Å². The zero-order valence-corrected chi connectivity index (χ0v) is 12.9. The number of carbonyl (C=O) groups is 1. The summed E-state index contributed by atoms with van der Waals surface area (Å²) in [4.78, 5) is 23.1. The van der Waals surface area contributed by atoms with Crippen LogP contribution in [0.1, 0.15) is 25.7 Å². The van der Waals surface area contributed by atoms with Gasteiger partial charge in [-0.2, -0.15) is 5.10 Å². The fourth-order valence-electron chi connectivity index (χ4n) is 2.99. The van der Waals surface area contributed by atoms with Gasteiger partial charge in [-0.25, -0.2) is 14.6 Å². The summed E-state index contributed by atoms with van der Waals surface area (Å²) in [5.74, 6) is 1.84. The van der Waals surface area contributed by atoms with E-state index in [0.29, 0.717) is 12.6 Å². The Balaban J connectivity index is 1.48. The average Bonchev–Trinajstić information content (AvgIpc) is 3.24. The summed E-state index contributed by atoms with van der Waals surface area (Å²) in [6, 6.07) is 4.21. The maximum atomic E-state index is 12.3. The molecule has 1 saturated heterocycles. The van der Waals surface area contributed by atoms with Gasteiger partial charge in [0.1, 0.15) is 12.1 Å². The lowest BCUT2D eigenvalue weighted by Gasteiger charge is -2.32. The highest BCUT2D eigenvalue weighted by atomic mass is 16.2. The molecule has 1 unspecified atom stereocenters. The van der Waals surface area contributed by atoms with Crippen LogP contribution in [0, 0.1) is 5.92 Å². The monoisotopic (exact) mass is 312 g/mol. The molecule has 1 N–H and O–H groups in total. The van der Waals surface area contributed by atoms with E-state index < -0.39 is 0 Å². The first-order valence-electron chi connectivity index (χ1n) is 8.17. The van der Waals surface area contributed by atoms with Gasteiger partial charge in [-0.1, -0.05) is 0 Å². The van der Waals surface area contributed by atoms with Crippen molar-refractivity contribution in [1.82, 2.24) is 25.1 Å². The summed E-state index contributed by atoms with van der Waals surface area (Å²) >= 11 is 0. The molecule has 2 fully saturated rings. The Morgan fingerprint density at radius 3 is 2.87 bits per heavy atom. The van der Waals surface area contributed by atoms with Gasteiger partial charge in [-0.05, 0) is 31.7 Å². The van der Waals surface area contributed by atoms with Gasteiger partial charge in [0.25, 0.3) is 0 Å². The summed E-state index contributed by atoms with van der Waals surface area (Å²) in [6.07, 6.45) is 9.34. The SMILES string of the molecule is O=C(NC1CC1)C1CCCN(c2cc(-n3cccn3)ncn2)C1. The fraction of sp³-hybridized carbons (Fsp3) is 0.500. The number of amides is 1. The van der Waals surface area contributed by atoms with Crippen LogP contribution in [0.5, 0.6) is 0 Å². The molecule has 23 heavy (non-hydrogen) atoms. The van der Waals surface area contributed by atoms with Gasteiger partial charge in [0.05, 0.1) is 5.92 Å². The van der Waals surface area contributed by atoms with Crippen LogP contribution in [-0.4, -0.2) is 44.8 Å². The molecule has 1 aliphatic carbocycles. The van der Waals surface area contributed by atoms with Crippen molar-refractivity contribution in [3.8, 4) is 5.82 Å². The number of carbonyl (C=O) groups excluding carboxylic acids is 1. The van der Waals surface area contributed by atoms with Gasteiger partial charge in [0, 0.05) is 37.6 Å². The lowest BCUT2D eigenvalue weighted by molar-refractivity contribution is -0.125. The fourth-order valence-corrected chi connectivity index (χ4v) is 2.99. The van der Waals surface area contributed by atoms with Crippen LogP contribution in [0.15, 0.2) is 30.9 Å². The topological polar surface area (TPSA) is 75.9 Å². The van der Waals surface area contributed by atoms with E-state index in [-0.39, 0.29) is 11.8 Å². The molecule has 0 radical (unpaired) electrons. The van der Waals surface area contributed by atoms with E-state index in [1.54, 1.807) is 17.2 Å². The molecule has 2 aliphatic rings. The summed E-state index contributed by atoms with van der Waals surface area (Å²) < 4.78 is 1.71. The first-order valence-corrected chi connectivity index (χ1v) is 8.17. The Hall–Kier alpha value is -2.44. The van der Waals surface area contributed by atoms with Gasteiger partial charge in [-0.3, -0.25) is 4.79 Å². The molecule has 1 amide bonds. The maximum absolute atomic E-state index is 12.3. The average molecular weight is 312 g/mol. The number of hydrogen-bond acceptors (Lipinski definition) is 5. The van der Waals surface area contributed by atoms with Crippen molar-refractivity contribution in [2.24, 2.45) is 5.92 Å². The van der Waals surface area contributed by atoms with Gasteiger partial charge in [0.2, 0.25) is 5.91 Å². The third kappa shape index (κ3) is 3.18. The van der Waals surface area contributed by atoms with Gasteiger partial charge < -0.3 is 10.2 Å². The lowest BCUT2D eigenvalue weighted by Crippen LogP contribution is -2.44. The molecule has 0 bridgehead atoms. The number of hydrogen-bond donors (Lipinski definition) is 1. The van der Waals surface area contributed by atoms with E-state index in [2.05, 4.69) is 25.3 Å². The number of anilines is 1. The molecule has 7 heteroatoms. The van der Waals surface area contributed by atoms with E-state index in [9.17, 15) is 4.79 Å². The number of nitrogens with one attached hydrogen (secondary N) is 1. The zero-order valence-electron chi connectivity index (χ0n) is 12.9. The molecular weight excluding hydrogens is 292 g/mol. The molecule has 0 spiro atoms. The van der Waals surface area contributed by atoms with E-state index >= 15 is 0 Å². The van der Waals surface area contributed by atoms with Crippen molar-refractivity contribution in [3.05, 3.63) is 30.9 Å². The van der Waals surface area contributed by atoms with Gasteiger partial charge >= 0.3 is 0 Å². The van der Waals surface area contributed by atoms with Crippen molar-refractivity contribution < 1.29 is 4.79 Å². The highest BCUT2D eigenvalue weighted by Crippen LogP contribution is 2.24. The van der Waals surface area contributed by atoms with E-state index in [4.69, 9.17) is 0 Å². The first kappa shape index (κ1) is 14.2. The number of piperidine rings is 1. The van der Waals surface area contributed by atoms with E-state index in [1.807, 2.05) is 18.3 Å². The van der Waals surface area contributed by atoms with Crippen molar-refractivity contribution in [2.75, 3.05) is 18.0 Å². The standard InChI is InChI=1S/C16H20N6O/c23-16(20-13-4-5-13)12-3-1-7-21(10-12)14-9-15(18-11-17-14)22-8-2-6-19-22/h2,6,8-9,11-13H,1,3-5,7,10H2,(H,20,23). The van der Waals surface area contributed by atoms with Crippen LogP contribution in [0.25, 0.3) is 5.82 Å². The van der Waals surface area contributed by atoms with E-state index in [1.165, 1.54) is 0 Å². The number of nitrogens with zero attached hydrogens (tertiary/aromatic N) is 5. The minimum absolute atomic E-state index is 0.0486. The second-order valence-corrected chi connectivity index (χ2v) is 6.25. The third-order valence-electron chi connectivity index (χ3n) is 4.42. The Morgan fingerprint density at radius 2 is 2.09 bits per heavy atom. The molecule has 1 aliphatic heterocycles. The van der Waals surface area contributed by atoms with Crippen LogP contribution in [0.2, 0.25) is 0 Å². The second kappa shape index (κ2) is 5.98. The Morgan fingerprint density at radius 1 is 1.22 bits per heavy atom. The summed E-state index contributed by atoms with van der Waals surface area (Å²) in [5.41, 5.74) is 0. The molecule has 3 heterocycles. The number of rotatable bonds is 4. The first-order chi connectivity index (χ1) is 11.3. The molecule has 120 valence electrons. The second-order valence-electron chi connectivity index (χ2n) is 6.25. The maximum Gasteiger partial charge on any atom is 0.225 e. The zero-order chi connectivity index (χ0) is 15.6. The Bertz CT molecular complexity index is 682. The lowest BCUT2D eigenvalue weighted by atomic mass is 9.97. The van der Waals surface area contributed by atoms with Crippen molar-refractivity contribution in [2.45, 2.75) is 31.7 Å². The normalized spacial score (nSPS) is 21.2. The summed E-state index contributed by atoms with van der Waals surface area (Å²) in [5, 5.41) is 7.32. The predicted molar refractivity (Wildman–Crippen MR) is 85.3 cm³/mol. The van der Waals surface area contributed by atoms with Crippen LogP contribution in [0.4, 0.5) is 5.82 Å². The van der Waals surface area contributed by atoms with Crippen molar-refractivity contribution in [1.29, 1.82) is 0 Å². The quantitative estimate of drug-likeness (QED) is 0.917. The van der Waals surface area contributed by atoms with Crippen LogP contribution >= 0.6 is 0 Å².